The topological polar surface area (TPSA) is 39.0 Å². The molecule has 0 aliphatic heterocycles. The molecule has 0 aliphatic carbocycles. The van der Waals surface area contributed by atoms with Gasteiger partial charge in [0.1, 0.15) is 5.16 Å². The fourth-order valence-corrected chi connectivity index (χ4v) is 2.82. The molecule has 0 saturated heterocycles. The maximum Gasteiger partial charge on any atom is 0.381 e. The number of rotatable bonds is 2. The first-order valence-corrected chi connectivity index (χ1v) is 7.47. The fourth-order valence-electron chi connectivity index (χ4n) is 1.92. The summed E-state index contributed by atoms with van der Waals surface area (Å²) in [6.07, 6.45) is 1.96. The van der Waals surface area contributed by atoms with Crippen LogP contribution in [0, 0.1) is 0 Å². The lowest BCUT2D eigenvalue weighted by Crippen LogP contribution is -2.34. The van der Waals surface area contributed by atoms with Crippen molar-refractivity contribution in [3.63, 3.8) is 0 Å². The van der Waals surface area contributed by atoms with E-state index in [4.69, 9.17) is 24.2 Å². The zero-order valence-electron chi connectivity index (χ0n) is 10.2. The molecule has 8 heteroatoms. The molecule has 3 rings (SSSR count). The number of benzene rings is 1. The summed E-state index contributed by atoms with van der Waals surface area (Å²) in [5.74, 6) is 0.816. The van der Waals surface area contributed by atoms with E-state index in [2.05, 4.69) is 10.2 Å². The van der Waals surface area contributed by atoms with Gasteiger partial charge in [0.05, 0.1) is 12.7 Å². The van der Waals surface area contributed by atoms with Gasteiger partial charge in [0, 0.05) is 5.02 Å². The van der Waals surface area contributed by atoms with Crippen molar-refractivity contribution >= 4 is 41.8 Å². The van der Waals surface area contributed by atoms with Gasteiger partial charge >= 0.3 is 5.78 Å². The van der Waals surface area contributed by atoms with Gasteiger partial charge in [-0.3, -0.25) is 0 Å². The zero-order valence-corrected chi connectivity index (χ0v) is 12.6. The third-order valence-corrected chi connectivity index (χ3v) is 3.88. The van der Waals surface area contributed by atoms with E-state index in [1.807, 2.05) is 42.1 Å². The zero-order chi connectivity index (χ0) is 13.6. The largest absolute Gasteiger partial charge is 0.712 e. The molecular weight excluding hydrogens is 302 g/mol. The monoisotopic (exact) mass is 311 g/mol. The Morgan fingerprint density at radius 2 is 1.95 bits per heavy atom. The Labute approximate surface area is 124 Å². The summed E-state index contributed by atoms with van der Waals surface area (Å²) in [6.45, 7) is 0. The van der Waals surface area contributed by atoms with Gasteiger partial charge in [-0.05, 0) is 35.6 Å². The Morgan fingerprint density at radius 3 is 2.58 bits per heavy atom. The highest BCUT2D eigenvalue weighted by Gasteiger charge is 2.23. The Bertz CT molecular complexity index is 747. The summed E-state index contributed by atoms with van der Waals surface area (Å²) in [4.78, 5) is 0. The van der Waals surface area contributed by atoms with Gasteiger partial charge < -0.3 is 12.6 Å². The van der Waals surface area contributed by atoms with Crippen LogP contribution in [0.25, 0.3) is 11.5 Å². The number of nitrogens with zero attached hydrogens (tertiary/aromatic N) is 5. The second-order valence-corrected chi connectivity index (χ2v) is 5.49. The predicted octanol–water partition coefficient (Wildman–Crippen LogP) is 1.63. The van der Waals surface area contributed by atoms with Crippen LogP contribution in [-0.2, 0) is 19.7 Å². The van der Waals surface area contributed by atoms with E-state index in [9.17, 15) is 0 Å². The van der Waals surface area contributed by atoms with Crippen molar-refractivity contribution in [1.29, 1.82) is 0 Å². The SMILES string of the molecule is CSc1nn(C)c2n1nc([S-])[n+]2-c1ccc(Cl)cc1. The molecule has 2 aromatic heterocycles. The first-order chi connectivity index (χ1) is 9.11. The van der Waals surface area contributed by atoms with E-state index in [0.717, 1.165) is 16.6 Å². The van der Waals surface area contributed by atoms with Crippen molar-refractivity contribution in [3.05, 3.63) is 29.3 Å². The van der Waals surface area contributed by atoms with Gasteiger partial charge in [0.2, 0.25) is 0 Å². The molecule has 2 heterocycles. The summed E-state index contributed by atoms with van der Waals surface area (Å²) in [7, 11) is 1.87. The smallest absolute Gasteiger partial charge is 0.381 e. The summed E-state index contributed by atoms with van der Waals surface area (Å²) < 4.78 is 5.39. The first kappa shape index (κ1) is 12.7. The minimum absolute atomic E-state index is 0.491. The Morgan fingerprint density at radius 1 is 1.26 bits per heavy atom. The highest BCUT2D eigenvalue weighted by molar-refractivity contribution is 7.98. The third kappa shape index (κ3) is 1.98. The van der Waals surface area contributed by atoms with E-state index < -0.39 is 0 Å². The first-order valence-electron chi connectivity index (χ1n) is 5.46. The van der Waals surface area contributed by atoms with Crippen LogP contribution in [0.5, 0.6) is 0 Å². The van der Waals surface area contributed by atoms with Gasteiger partial charge in [0.25, 0.3) is 5.16 Å². The molecule has 0 radical (unpaired) electrons. The second-order valence-electron chi connectivity index (χ2n) is 3.92. The molecule has 0 atom stereocenters. The van der Waals surface area contributed by atoms with E-state index in [0.29, 0.717) is 10.2 Å². The Hall–Kier alpha value is -1.31. The minimum atomic E-state index is 0.491. The quantitative estimate of drug-likeness (QED) is 0.410. The molecule has 98 valence electrons. The second kappa shape index (κ2) is 4.66. The van der Waals surface area contributed by atoms with E-state index in [-0.39, 0.29) is 0 Å². The average Bonchev–Trinajstić information content (AvgIpc) is 2.88. The van der Waals surface area contributed by atoms with Gasteiger partial charge in [0.15, 0.2) is 0 Å². The fraction of sp³-hybridized carbons (Fsp3) is 0.182. The molecule has 5 nitrogen and oxygen atoms in total. The highest BCUT2D eigenvalue weighted by Crippen LogP contribution is 2.15. The van der Waals surface area contributed by atoms with Crippen LogP contribution in [0.1, 0.15) is 0 Å². The van der Waals surface area contributed by atoms with Crippen LogP contribution in [0.4, 0.5) is 0 Å². The van der Waals surface area contributed by atoms with E-state index in [1.165, 1.54) is 11.8 Å². The number of fused-ring (bicyclic) bond motifs is 1. The van der Waals surface area contributed by atoms with E-state index >= 15 is 0 Å². The molecule has 1 aromatic carbocycles. The lowest BCUT2D eigenvalue weighted by Gasteiger charge is -2.04. The maximum atomic E-state index is 5.91. The molecular formula is C11H10ClN5S2. The minimum Gasteiger partial charge on any atom is -0.712 e. The standard InChI is InChI=1S/C11H10ClN5S2/c1-15-11-16(8-5-3-7(12)4-6-8)9(18)13-17(11)10(14-15)19-2/h3-6H,1-2H3. The van der Waals surface area contributed by atoms with Crippen LogP contribution in [-0.4, -0.2) is 25.7 Å². The molecule has 0 saturated carbocycles. The van der Waals surface area contributed by atoms with Crippen LogP contribution in [0.15, 0.2) is 34.6 Å². The molecule has 0 aliphatic rings. The van der Waals surface area contributed by atoms with E-state index in [1.54, 1.807) is 9.20 Å². The van der Waals surface area contributed by atoms with Crippen molar-refractivity contribution in [1.82, 2.24) is 19.4 Å². The normalized spacial score (nSPS) is 11.3. The lowest BCUT2D eigenvalue weighted by molar-refractivity contribution is -0.613. The molecule has 0 unspecified atom stereocenters. The van der Waals surface area contributed by atoms with Gasteiger partial charge in [-0.2, -0.15) is 4.68 Å². The summed E-state index contributed by atoms with van der Waals surface area (Å²) >= 11 is 12.8. The molecule has 0 N–H and O–H groups in total. The van der Waals surface area contributed by atoms with Gasteiger partial charge in [-0.1, -0.05) is 33.0 Å². The summed E-state index contributed by atoms with van der Waals surface area (Å²) in [5, 5.41) is 10.7. The van der Waals surface area contributed by atoms with Crippen LogP contribution in [0.3, 0.4) is 0 Å². The molecule has 0 bridgehead atoms. The number of thioether (sulfide) groups is 1. The lowest BCUT2D eigenvalue weighted by atomic mass is 10.3. The van der Waals surface area contributed by atoms with Gasteiger partial charge in [-0.25, -0.2) is 4.57 Å². The Kier molecular flexibility index (Phi) is 3.12. The number of hydrogen-bond donors (Lipinski definition) is 0. The number of hydrogen-bond acceptors (Lipinski definition) is 4. The number of halogens is 1. The molecule has 19 heavy (non-hydrogen) atoms. The predicted molar refractivity (Wildman–Crippen MR) is 75.9 cm³/mol. The van der Waals surface area contributed by atoms with Gasteiger partial charge in [-0.15, -0.1) is 0 Å². The number of aryl methyl sites for hydroxylation is 1. The van der Waals surface area contributed by atoms with Crippen molar-refractivity contribution < 1.29 is 4.57 Å². The molecule has 0 spiro atoms. The summed E-state index contributed by atoms with van der Waals surface area (Å²) in [6, 6.07) is 7.47. The highest BCUT2D eigenvalue weighted by atomic mass is 35.5. The Balaban J connectivity index is 2.31. The van der Waals surface area contributed by atoms with Crippen LogP contribution in [0.2, 0.25) is 5.02 Å². The maximum absolute atomic E-state index is 5.91. The van der Waals surface area contributed by atoms with Crippen molar-refractivity contribution in [2.45, 2.75) is 10.3 Å². The van der Waals surface area contributed by atoms with Crippen molar-refractivity contribution in [3.8, 4) is 5.69 Å². The van der Waals surface area contributed by atoms with Crippen molar-refractivity contribution in [2.75, 3.05) is 6.26 Å². The average molecular weight is 312 g/mol. The molecule has 3 aromatic rings. The van der Waals surface area contributed by atoms with Crippen LogP contribution < -0.4 is 4.57 Å². The van der Waals surface area contributed by atoms with Crippen molar-refractivity contribution in [2.24, 2.45) is 7.05 Å². The molecule has 0 fully saturated rings. The number of aromatic nitrogens is 5. The third-order valence-electron chi connectivity index (χ3n) is 2.74. The summed E-state index contributed by atoms with van der Waals surface area (Å²) in [5.41, 5.74) is 0.917. The van der Waals surface area contributed by atoms with Crippen LogP contribution >= 0.6 is 23.4 Å². The molecule has 0 amide bonds.